The first-order chi connectivity index (χ1) is 8.19. The molecular formula is C13H21N3O. The maximum absolute atomic E-state index is 9.07. The SMILES string of the molecule is CCN(CCO)C(CC(=N)N)c1ccccc1. The average molecular weight is 235 g/mol. The fraction of sp³-hybridized carbons (Fsp3) is 0.462. The first-order valence-corrected chi connectivity index (χ1v) is 5.91. The molecule has 0 amide bonds. The van der Waals surface area contributed by atoms with E-state index in [-0.39, 0.29) is 18.5 Å². The molecule has 0 radical (unpaired) electrons. The number of nitrogens with two attached hydrogens (primary N) is 1. The standard InChI is InChI=1S/C13H21N3O/c1-2-16(8-9-17)12(10-13(14)15)11-6-4-3-5-7-11/h3-7,12,17H,2,8-10H2,1H3,(H3,14,15). The van der Waals surface area contributed by atoms with Crippen molar-refractivity contribution >= 4 is 5.84 Å². The van der Waals surface area contributed by atoms with E-state index in [1.807, 2.05) is 37.3 Å². The van der Waals surface area contributed by atoms with E-state index in [1.54, 1.807) is 0 Å². The van der Waals surface area contributed by atoms with Crippen LogP contribution < -0.4 is 5.73 Å². The number of nitrogens with zero attached hydrogens (tertiary/aromatic N) is 1. The van der Waals surface area contributed by atoms with Crippen molar-refractivity contribution < 1.29 is 5.11 Å². The highest BCUT2D eigenvalue weighted by atomic mass is 16.3. The van der Waals surface area contributed by atoms with Gasteiger partial charge in [0.1, 0.15) is 0 Å². The molecule has 94 valence electrons. The number of benzene rings is 1. The van der Waals surface area contributed by atoms with Gasteiger partial charge in [-0.25, -0.2) is 0 Å². The quantitative estimate of drug-likeness (QED) is 0.493. The summed E-state index contributed by atoms with van der Waals surface area (Å²) in [5.41, 5.74) is 6.65. The summed E-state index contributed by atoms with van der Waals surface area (Å²) in [4.78, 5) is 2.14. The lowest BCUT2D eigenvalue weighted by molar-refractivity contribution is 0.159. The summed E-state index contributed by atoms with van der Waals surface area (Å²) >= 11 is 0. The van der Waals surface area contributed by atoms with Crippen molar-refractivity contribution in [3.8, 4) is 0 Å². The zero-order chi connectivity index (χ0) is 12.7. The predicted octanol–water partition coefficient (Wildman–Crippen LogP) is 1.37. The van der Waals surface area contributed by atoms with E-state index in [4.69, 9.17) is 16.2 Å². The van der Waals surface area contributed by atoms with Crippen molar-refractivity contribution in [2.24, 2.45) is 5.73 Å². The van der Waals surface area contributed by atoms with Gasteiger partial charge in [0, 0.05) is 19.0 Å². The minimum atomic E-state index is 0.0749. The molecule has 4 nitrogen and oxygen atoms in total. The Morgan fingerprint density at radius 1 is 1.41 bits per heavy atom. The number of amidine groups is 1. The summed E-state index contributed by atoms with van der Waals surface area (Å²) in [7, 11) is 0. The third-order valence-electron chi connectivity index (χ3n) is 2.83. The molecule has 0 heterocycles. The van der Waals surface area contributed by atoms with E-state index in [2.05, 4.69) is 4.90 Å². The molecule has 0 saturated heterocycles. The normalized spacial score (nSPS) is 12.6. The summed E-state index contributed by atoms with van der Waals surface area (Å²) in [5.74, 6) is 0.176. The van der Waals surface area contributed by atoms with Crippen LogP contribution >= 0.6 is 0 Å². The molecule has 1 aromatic carbocycles. The van der Waals surface area contributed by atoms with Gasteiger partial charge >= 0.3 is 0 Å². The van der Waals surface area contributed by atoms with Gasteiger partial charge in [-0.2, -0.15) is 0 Å². The predicted molar refractivity (Wildman–Crippen MR) is 70.0 cm³/mol. The van der Waals surface area contributed by atoms with Crippen molar-refractivity contribution in [1.29, 1.82) is 5.41 Å². The number of aliphatic hydroxyl groups excluding tert-OH is 1. The first kappa shape index (κ1) is 13.7. The van der Waals surface area contributed by atoms with Crippen LogP contribution in [-0.4, -0.2) is 35.5 Å². The van der Waals surface area contributed by atoms with Gasteiger partial charge in [-0.3, -0.25) is 10.3 Å². The van der Waals surface area contributed by atoms with E-state index < -0.39 is 0 Å². The highest BCUT2D eigenvalue weighted by Crippen LogP contribution is 2.23. The molecule has 0 bridgehead atoms. The monoisotopic (exact) mass is 235 g/mol. The van der Waals surface area contributed by atoms with Gasteiger partial charge in [0.05, 0.1) is 12.4 Å². The zero-order valence-corrected chi connectivity index (χ0v) is 10.3. The van der Waals surface area contributed by atoms with Gasteiger partial charge in [0.25, 0.3) is 0 Å². The van der Waals surface area contributed by atoms with Crippen LogP contribution in [0.15, 0.2) is 30.3 Å². The second kappa shape index (κ2) is 7.04. The highest BCUT2D eigenvalue weighted by Gasteiger charge is 2.19. The molecule has 0 aliphatic carbocycles. The third-order valence-corrected chi connectivity index (χ3v) is 2.83. The first-order valence-electron chi connectivity index (χ1n) is 5.91. The molecule has 1 atom stereocenters. The van der Waals surface area contributed by atoms with Crippen molar-refractivity contribution in [2.75, 3.05) is 19.7 Å². The molecule has 1 aromatic rings. The lowest BCUT2D eigenvalue weighted by atomic mass is 10.0. The van der Waals surface area contributed by atoms with Crippen LogP contribution in [0.3, 0.4) is 0 Å². The number of likely N-dealkylation sites (N-methyl/N-ethyl adjacent to an activating group) is 1. The molecule has 0 aliphatic rings. The third kappa shape index (κ3) is 4.17. The summed E-state index contributed by atoms with van der Waals surface area (Å²) in [6.45, 7) is 3.59. The molecule has 1 unspecified atom stereocenters. The average Bonchev–Trinajstić information content (AvgIpc) is 2.34. The maximum atomic E-state index is 9.07. The summed E-state index contributed by atoms with van der Waals surface area (Å²) in [5, 5.41) is 16.5. The second-order valence-electron chi connectivity index (χ2n) is 4.01. The fourth-order valence-electron chi connectivity index (χ4n) is 2.00. The Morgan fingerprint density at radius 3 is 2.53 bits per heavy atom. The van der Waals surface area contributed by atoms with Gasteiger partial charge in [0.2, 0.25) is 0 Å². The zero-order valence-electron chi connectivity index (χ0n) is 10.3. The Kier molecular flexibility index (Phi) is 5.66. The van der Waals surface area contributed by atoms with Crippen LogP contribution in [0.2, 0.25) is 0 Å². The van der Waals surface area contributed by atoms with Gasteiger partial charge < -0.3 is 10.8 Å². The molecule has 0 fully saturated rings. The minimum absolute atomic E-state index is 0.0749. The highest BCUT2D eigenvalue weighted by molar-refractivity contribution is 5.77. The van der Waals surface area contributed by atoms with Crippen LogP contribution in [0, 0.1) is 5.41 Å². The molecule has 17 heavy (non-hydrogen) atoms. The Hall–Kier alpha value is -1.39. The van der Waals surface area contributed by atoms with Crippen LogP contribution in [-0.2, 0) is 0 Å². The number of rotatable bonds is 7. The lowest BCUT2D eigenvalue weighted by Gasteiger charge is -2.30. The fourth-order valence-corrected chi connectivity index (χ4v) is 2.00. The molecule has 0 spiro atoms. The Labute approximate surface area is 103 Å². The van der Waals surface area contributed by atoms with Crippen LogP contribution in [0.4, 0.5) is 0 Å². The van der Waals surface area contributed by atoms with E-state index >= 15 is 0 Å². The molecule has 0 aromatic heterocycles. The Morgan fingerprint density at radius 2 is 2.06 bits per heavy atom. The maximum Gasteiger partial charge on any atom is 0.0924 e. The number of aliphatic hydroxyl groups is 1. The van der Waals surface area contributed by atoms with Gasteiger partial charge in [-0.15, -0.1) is 0 Å². The molecular weight excluding hydrogens is 214 g/mol. The van der Waals surface area contributed by atoms with Gasteiger partial charge in [0.15, 0.2) is 0 Å². The smallest absolute Gasteiger partial charge is 0.0924 e. The van der Waals surface area contributed by atoms with Gasteiger partial charge in [-0.1, -0.05) is 37.3 Å². The second-order valence-corrected chi connectivity index (χ2v) is 4.01. The van der Waals surface area contributed by atoms with Crippen molar-refractivity contribution in [2.45, 2.75) is 19.4 Å². The summed E-state index contributed by atoms with van der Waals surface area (Å²) in [6.07, 6.45) is 0.498. The van der Waals surface area contributed by atoms with Crippen molar-refractivity contribution in [3.63, 3.8) is 0 Å². The van der Waals surface area contributed by atoms with Crippen LogP contribution in [0.1, 0.15) is 24.9 Å². The number of hydrogen-bond donors (Lipinski definition) is 3. The van der Waals surface area contributed by atoms with E-state index in [9.17, 15) is 0 Å². The largest absolute Gasteiger partial charge is 0.395 e. The minimum Gasteiger partial charge on any atom is -0.395 e. The number of nitrogens with one attached hydrogen (secondary N) is 1. The van der Waals surface area contributed by atoms with Gasteiger partial charge in [-0.05, 0) is 12.1 Å². The van der Waals surface area contributed by atoms with Crippen molar-refractivity contribution in [3.05, 3.63) is 35.9 Å². The molecule has 1 rings (SSSR count). The van der Waals surface area contributed by atoms with E-state index in [0.717, 1.165) is 12.1 Å². The molecule has 4 N–H and O–H groups in total. The molecule has 0 saturated carbocycles. The summed E-state index contributed by atoms with van der Waals surface area (Å²) in [6, 6.07) is 10.1. The van der Waals surface area contributed by atoms with E-state index in [0.29, 0.717) is 13.0 Å². The number of hydrogen-bond acceptors (Lipinski definition) is 3. The topological polar surface area (TPSA) is 73.3 Å². The van der Waals surface area contributed by atoms with E-state index in [1.165, 1.54) is 0 Å². The lowest BCUT2D eigenvalue weighted by Crippen LogP contribution is -2.33. The Bertz CT molecular complexity index is 340. The van der Waals surface area contributed by atoms with Crippen LogP contribution in [0.25, 0.3) is 0 Å². The van der Waals surface area contributed by atoms with Crippen LogP contribution in [0.5, 0.6) is 0 Å². The van der Waals surface area contributed by atoms with Crippen molar-refractivity contribution in [1.82, 2.24) is 4.90 Å². The summed E-state index contributed by atoms with van der Waals surface area (Å²) < 4.78 is 0. The molecule has 0 aliphatic heterocycles. The Balaban J connectivity index is 2.89. The molecule has 4 heteroatoms.